The third-order valence-corrected chi connectivity index (χ3v) is 7.82. The number of hydrogen-bond acceptors (Lipinski definition) is 7. The Labute approximate surface area is 230 Å². The van der Waals surface area contributed by atoms with Gasteiger partial charge in [-0.3, -0.25) is 14.4 Å². The summed E-state index contributed by atoms with van der Waals surface area (Å²) in [5.41, 5.74) is 7.04. The third-order valence-electron chi connectivity index (χ3n) is 6.50. The molecule has 0 aromatic heterocycles. The van der Waals surface area contributed by atoms with Crippen LogP contribution >= 0.6 is 11.8 Å². The minimum Gasteiger partial charge on any atom is -0.392 e. The number of nitrogens with zero attached hydrogens (tertiary/aromatic N) is 2. The first-order valence-corrected chi connectivity index (χ1v) is 13.7. The molecule has 0 bridgehead atoms. The predicted molar refractivity (Wildman–Crippen MR) is 148 cm³/mol. The first-order valence-electron chi connectivity index (χ1n) is 12.8. The Morgan fingerprint density at radius 2 is 1.72 bits per heavy atom. The van der Waals surface area contributed by atoms with Crippen molar-refractivity contribution >= 4 is 40.9 Å². The van der Waals surface area contributed by atoms with Crippen LogP contribution in [0.3, 0.4) is 0 Å². The lowest BCUT2D eigenvalue weighted by atomic mass is 10.2. The van der Waals surface area contributed by atoms with Gasteiger partial charge in [0.05, 0.1) is 0 Å². The lowest BCUT2D eigenvalue weighted by Gasteiger charge is -2.16. The van der Waals surface area contributed by atoms with E-state index in [4.69, 9.17) is 5.73 Å². The van der Waals surface area contributed by atoms with Crippen LogP contribution in [0.15, 0.2) is 53.2 Å². The number of thioether (sulfide) groups is 1. The minimum atomic E-state index is -0.838. The number of rotatable bonds is 10. The summed E-state index contributed by atoms with van der Waals surface area (Å²) in [6, 6.07) is 9.62. The molecule has 39 heavy (non-hydrogen) atoms. The molecule has 3 amide bonds. The van der Waals surface area contributed by atoms with Gasteiger partial charge in [0, 0.05) is 49.2 Å². The van der Waals surface area contributed by atoms with Gasteiger partial charge < -0.3 is 31.5 Å². The molecule has 0 saturated carbocycles. The monoisotopic (exact) mass is 558 g/mol. The fourth-order valence-corrected chi connectivity index (χ4v) is 5.70. The van der Waals surface area contributed by atoms with Crippen molar-refractivity contribution in [1.29, 1.82) is 0 Å². The van der Waals surface area contributed by atoms with Crippen molar-refractivity contribution < 1.29 is 23.2 Å². The van der Waals surface area contributed by atoms with Gasteiger partial charge in [-0.15, -0.1) is 0 Å². The van der Waals surface area contributed by atoms with Crippen LogP contribution < -0.4 is 21.7 Å². The van der Waals surface area contributed by atoms with E-state index in [0.717, 1.165) is 49.2 Å². The van der Waals surface area contributed by atoms with Crippen molar-refractivity contribution in [2.75, 3.05) is 49.9 Å². The number of halogens is 2. The minimum absolute atomic E-state index is 0.0830. The van der Waals surface area contributed by atoms with Gasteiger partial charge >= 0.3 is 0 Å². The van der Waals surface area contributed by atoms with E-state index in [0.29, 0.717) is 24.7 Å². The molecular weight excluding hydrogens is 526 g/mol. The molecule has 0 unspecified atom stereocenters. The molecule has 1 atom stereocenters. The van der Waals surface area contributed by atoms with Gasteiger partial charge in [0.1, 0.15) is 27.6 Å². The molecule has 2 fully saturated rings. The molecule has 0 spiro atoms. The lowest BCUT2D eigenvalue weighted by Crippen LogP contribution is -2.34. The Bertz CT molecular complexity index is 1230. The number of benzene rings is 2. The van der Waals surface area contributed by atoms with Crippen molar-refractivity contribution in [1.82, 2.24) is 15.1 Å². The van der Waals surface area contributed by atoms with Crippen molar-refractivity contribution in [2.24, 2.45) is 5.73 Å². The average molecular weight is 559 g/mol. The summed E-state index contributed by atoms with van der Waals surface area (Å²) in [7, 11) is 0. The van der Waals surface area contributed by atoms with Gasteiger partial charge in [-0.2, -0.15) is 0 Å². The van der Waals surface area contributed by atoms with E-state index in [9.17, 15) is 23.2 Å². The topological polar surface area (TPSA) is 120 Å². The van der Waals surface area contributed by atoms with Gasteiger partial charge in [-0.25, -0.2) is 8.78 Å². The Hall–Kier alpha value is -3.64. The maximum Gasteiger partial charge on any atom is 0.274 e. The van der Waals surface area contributed by atoms with Crippen LogP contribution in [-0.2, 0) is 9.59 Å². The molecular formula is C27H32F2N6O3S. The van der Waals surface area contributed by atoms with Crippen molar-refractivity contribution in [2.45, 2.75) is 25.0 Å². The summed E-state index contributed by atoms with van der Waals surface area (Å²) in [4.78, 5) is 41.8. The molecule has 9 nitrogen and oxygen atoms in total. The smallest absolute Gasteiger partial charge is 0.274 e. The number of likely N-dealkylation sites (tertiary alicyclic amines) is 1. The van der Waals surface area contributed by atoms with Crippen molar-refractivity contribution in [3.63, 3.8) is 0 Å². The zero-order chi connectivity index (χ0) is 27.9. The van der Waals surface area contributed by atoms with E-state index in [2.05, 4.69) is 20.9 Å². The summed E-state index contributed by atoms with van der Waals surface area (Å²) in [5, 5.41) is 8.24. The molecule has 2 aliphatic heterocycles. The number of amides is 3. The number of nitrogens with two attached hydrogens (primary N) is 1. The van der Waals surface area contributed by atoms with Crippen LogP contribution in [0.4, 0.5) is 20.2 Å². The van der Waals surface area contributed by atoms with Crippen LogP contribution in [0, 0.1) is 11.6 Å². The van der Waals surface area contributed by atoms with Crippen molar-refractivity contribution in [3.8, 4) is 0 Å². The van der Waals surface area contributed by atoms with E-state index in [1.165, 1.54) is 17.7 Å². The molecule has 2 saturated heterocycles. The maximum atomic E-state index is 13.5. The highest BCUT2D eigenvalue weighted by molar-refractivity contribution is 8.04. The fraction of sp³-hybridized carbons (Fsp3) is 0.370. The second kappa shape index (κ2) is 12.9. The summed E-state index contributed by atoms with van der Waals surface area (Å²) in [5.74, 6) is -2.79. The van der Waals surface area contributed by atoms with E-state index in [1.807, 2.05) is 0 Å². The largest absolute Gasteiger partial charge is 0.392 e. The molecule has 2 aromatic rings. The quantitative estimate of drug-likeness (QED) is 0.331. The third kappa shape index (κ3) is 7.27. The van der Waals surface area contributed by atoms with E-state index < -0.39 is 22.8 Å². The zero-order valence-corrected chi connectivity index (χ0v) is 22.5. The van der Waals surface area contributed by atoms with E-state index >= 15 is 0 Å². The standard InChI is InChI=1S/C27H32F2N6O3S/c1-2-35-26(38)22(39-27(35)23(30)25(37)33-21-14-18(28)13-19(29)15-21)16-32-20-7-5-17(6-8-20)24(36)31-9-12-34-10-3-4-11-34/h5-8,13-15,22,32H,2-4,9-12,16,30H2,1H3,(H,31,36)(H,33,37)/b27-23+/t22-/m1/s1. The highest BCUT2D eigenvalue weighted by Gasteiger charge is 2.38. The molecule has 2 aliphatic rings. The SMILES string of the molecule is CCN1C(=O)[C@@H](CNc2ccc(C(=O)NCCN3CCCC3)cc2)S/C1=C(/N)C(=O)Nc1cc(F)cc(F)c1. The first-order chi connectivity index (χ1) is 18.7. The predicted octanol–water partition coefficient (Wildman–Crippen LogP) is 2.93. The van der Waals surface area contributed by atoms with Gasteiger partial charge in [0.25, 0.3) is 11.8 Å². The molecule has 12 heteroatoms. The number of carbonyl (C=O) groups is 3. The molecule has 5 N–H and O–H groups in total. The second-order valence-electron chi connectivity index (χ2n) is 9.28. The number of nitrogens with one attached hydrogen (secondary N) is 3. The zero-order valence-electron chi connectivity index (χ0n) is 21.6. The van der Waals surface area contributed by atoms with Gasteiger partial charge in [0.2, 0.25) is 5.91 Å². The number of anilines is 2. The van der Waals surface area contributed by atoms with Crippen LogP contribution in [-0.4, -0.2) is 72.0 Å². The summed E-state index contributed by atoms with van der Waals surface area (Å²) < 4.78 is 26.9. The fourth-order valence-electron chi connectivity index (χ4n) is 4.47. The highest BCUT2D eigenvalue weighted by atomic mass is 32.2. The normalized spacial score (nSPS) is 18.8. The second-order valence-corrected chi connectivity index (χ2v) is 10.5. The van der Waals surface area contributed by atoms with E-state index in [-0.39, 0.29) is 34.8 Å². The molecule has 0 radical (unpaired) electrons. The lowest BCUT2D eigenvalue weighted by molar-refractivity contribution is -0.127. The van der Waals surface area contributed by atoms with Crippen LogP contribution in [0.25, 0.3) is 0 Å². The first kappa shape index (κ1) is 28.4. The number of hydrogen-bond donors (Lipinski definition) is 4. The Balaban J connectivity index is 1.32. The van der Waals surface area contributed by atoms with Gasteiger partial charge in [-0.1, -0.05) is 11.8 Å². The Kier molecular flexibility index (Phi) is 9.41. The molecule has 2 heterocycles. The van der Waals surface area contributed by atoms with Crippen molar-refractivity contribution in [3.05, 3.63) is 70.4 Å². The Morgan fingerprint density at radius 1 is 1.05 bits per heavy atom. The molecule has 4 rings (SSSR count). The highest BCUT2D eigenvalue weighted by Crippen LogP contribution is 2.36. The molecule has 2 aromatic carbocycles. The summed E-state index contributed by atoms with van der Waals surface area (Å²) in [6.07, 6.45) is 2.42. The summed E-state index contributed by atoms with van der Waals surface area (Å²) >= 11 is 1.14. The van der Waals surface area contributed by atoms with Gasteiger partial charge in [-0.05, 0) is 69.3 Å². The van der Waals surface area contributed by atoms with Crippen LogP contribution in [0.2, 0.25) is 0 Å². The van der Waals surface area contributed by atoms with Crippen LogP contribution in [0.5, 0.6) is 0 Å². The van der Waals surface area contributed by atoms with E-state index in [1.54, 1.807) is 31.2 Å². The van der Waals surface area contributed by atoms with Gasteiger partial charge in [0.15, 0.2) is 0 Å². The molecule has 0 aliphatic carbocycles. The maximum absolute atomic E-state index is 13.5. The Morgan fingerprint density at radius 3 is 2.36 bits per heavy atom. The summed E-state index contributed by atoms with van der Waals surface area (Å²) in [6.45, 7) is 5.93. The van der Waals surface area contributed by atoms with Crippen LogP contribution in [0.1, 0.15) is 30.1 Å². The molecule has 208 valence electrons. The number of carbonyl (C=O) groups excluding carboxylic acids is 3. The average Bonchev–Trinajstić information content (AvgIpc) is 3.54.